The first-order valence-electron chi connectivity index (χ1n) is 9.48. The van der Waals surface area contributed by atoms with Crippen LogP contribution < -0.4 is 4.74 Å². The van der Waals surface area contributed by atoms with Gasteiger partial charge in [0.15, 0.2) is 5.60 Å². The third-order valence-electron chi connectivity index (χ3n) is 5.76. The molecule has 6 heteroatoms. The maximum atomic E-state index is 13.1. The van der Waals surface area contributed by atoms with Crippen molar-refractivity contribution >= 4 is 5.91 Å². The Bertz CT molecular complexity index is 845. The van der Waals surface area contributed by atoms with Crippen LogP contribution in [0.25, 0.3) is 0 Å². The molecule has 0 spiro atoms. The van der Waals surface area contributed by atoms with Gasteiger partial charge in [0.1, 0.15) is 11.5 Å². The van der Waals surface area contributed by atoms with E-state index in [9.17, 15) is 9.90 Å². The van der Waals surface area contributed by atoms with Crippen LogP contribution in [0.4, 0.5) is 0 Å². The summed E-state index contributed by atoms with van der Waals surface area (Å²) in [5, 5.41) is 14.5. The van der Waals surface area contributed by atoms with E-state index in [4.69, 9.17) is 4.74 Å². The first-order chi connectivity index (χ1) is 12.7. The number of aromatic hydroxyl groups is 1. The fourth-order valence-electron chi connectivity index (χ4n) is 3.81. The molecule has 1 unspecified atom stereocenters. The predicted octanol–water partition coefficient (Wildman–Crippen LogP) is 3.15. The van der Waals surface area contributed by atoms with Gasteiger partial charge in [-0.25, -0.2) is 0 Å². The number of ether oxygens (including phenoxy) is 1. The second-order valence-corrected chi connectivity index (χ2v) is 7.71. The van der Waals surface area contributed by atoms with Gasteiger partial charge in [-0.1, -0.05) is 0 Å². The molecule has 0 aliphatic carbocycles. The lowest BCUT2D eigenvalue weighted by Gasteiger charge is -2.38. The Hall–Kier alpha value is -2.50. The van der Waals surface area contributed by atoms with Gasteiger partial charge < -0.3 is 14.7 Å². The lowest BCUT2D eigenvalue weighted by Crippen LogP contribution is -2.51. The third kappa shape index (κ3) is 3.53. The zero-order valence-corrected chi connectivity index (χ0v) is 16.9. The number of amides is 1. The fourth-order valence-corrected chi connectivity index (χ4v) is 3.81. The van der Waals surface area contributed by atoms with E-state index >= 15 is 0 Å². The van der Waals surface area contributed by atoms with Gasteiger partial charge in [0.05, 0.1) is 0 Å². The van der Waals surface area contributed by atoms with Crippen molar-refractivity contribution in [3.63, 3.8) is 0 Å². The van der Waals surface area contributed by atoms with E-state index in [0.717, 1.165) is 47.4 Å². The monoisotopic (exact) mass is 371 g/mol. The van der Waals surface area contributed by atoms with Crippen LogP contribution in [0.3, 0.4) is 0 Å². The molecule has 0 saturated carbocycles. The Labute approximate surface area is 160 Å². The molecule has 27 heavy (non-hydrogen) atoms. The molecular formula is C21H29N3O3. The first kappa shape index (κ1) is 19.3. The topological polar surface area (TPSA) is 67.6 Å². The normalized spacial score (nSPS) is 18.7. The number of hydrogen-bond donors (Lipinski definition) is 1. The van der Waals surface area contributed by atoms with Gasteiger partial charge >= 0.3 is 0 Å². The summed E-state index contributed by atoms with van der Waals surface area (Å²) >= 11 is 0. The molecule has 0 radical (unpaired) electrons. The van der Waals surface area contributed by atoms with Crippen molar-refractivity contribution in [2.45, 2.75) is 59.1 Å². The average Bonchev–Trinajstić information content (AvgIpc) is 3.17. The number of fused-ring (bicyclic) bond motifs is 1. The van der Waals surface area contributed by atoms with Crippen molar-refractivity contribution in [1.29, 1.82) is 0 Å². The highest BCUT2D eigenvalue weighted by molar-refractivity contribution is 5.85. The fraction of sp³-hybridized carbons (Fsp3) is 0.524. The number of phenols is 1. The smallest absolute Gasteiger partial charge is 0.266 e. The van der Waals surface area contributed by atoms with Crippen LogP contribution in [0, 0.1) is 20.8 Å². The molecule has 6 nitrogen and oxygen atoms in total. The zero-order chi connectivity index (χ0) is 19.8. The summed E-state index contributed by atoms with van der Waals surface area (Å²) in [7, 11) is 1.83. The minimum absolute atomic E-state index is 0.00334. The summed E-state index contributed by atoms with van der Waals surface area (Å²) in [5.41, 5.74) is 2.72. The van der Waals surface area contributed by atoms with Gasteiger partial charge in [0, 0.05) is 44.5 Å². The van der Waals surface area contributed by atoms with Crippen LogP contribution in [0.5, 0.6) is 11.5 Å². The highest BCUT2D eigenvalue weighted by atomic mass is 16.5. The molecule has 0 saturated heterocycles. The summed E-state index contributed by atoms with van der Waals surface area (Å²) in [6.45, 7) is 9.04. The lowest BCUT2D eigenvalue weighted by atomic mass is 9.86. The molecule has 0 fully saturated rings. The molecule has 2 heterocycles. The number of carbonyl (C=O) groups is 1. The lowest BCUT2D eigenvalue weighted by molar-refractivity contribution is -0.147. The Morgan fingerprint density at radius 2 is 2.07 bits per heavy atom. The Kier molecular flexibility index (Phi) is 5.18. The highest BCUT2D eigenvalue weighted by Gasteiger charge is 2.42. The Balaban J connectivity index is 1.72. The van der Waals surface area contributed by atoms with E-state index in [2.05, 4.69) is 5.10 Å². The second kappa shape index (κ2) is 7.25. The molecule has 146 valence electrons. The van der Waals surface area contributed by atoms with Crippen LogP contribution in [0.2, 0.25) is 0 Å². The number of phenolic OH excluding ortho intramolecular Hbond substituents is 1. The SMILES string of the molecule is Cc1c(C)c2c(c(C)c1O)CCC(C)(C(=O)N(C)CCCn1cccn1)O2. The summed E-state index contributed by atoms with van der Waals surface area (Å²) in [4.78, 5) is 14.9. The standard InChI is InChI=1S/C21H29N3O3/c1-14-15(2)19-17(16(3)18(14)25)8-9-21(4,27-19)20(26)23(5)11-7-13-24-12-6-10-22-24/h6,10,12,25H,7-9,11,13H2,1-5H3. The molecule has 1 aromatic heterocycles. The first-order valence-corrected chi connectivity index (χ1v) is 9.48. The zero-order valence-electron chi connectivity index (χ0n) is 16.9. The van der Waals surface area contributed by atoms with Crippen LogP contribution in [0.1, 0.15) is 42.0 Å². The Morgan fingerprint density at radius 3 is 2.74 bits per heavy atom. The number of hydrogen-bond acceptors (Lipinski definition) is 4. The van der Waals surface area contributed by atoms with E-state index in [1.165, 1.54) is 0 Å². The van der Waals surface area contributed by atoms with Crippen molar-refractivity contribution in [3.05, 3.63) is 40.7 Å². The third-order valence-corrected chi connectivity index (χ3v) is 5.76. The second-order valence-electron chi connectivity index (χ2n) is 7.71. The van der Waals surface area contributed by atoms with Crippen molar-refractivity contribution in [2.75, 3.05) is 13.6 Å². The quantitative estimate of drug-likeness (QED) is 0.877. The molecule has 1 aliphatic heterocycles. The van der Waals surface area contributed by atoms with Crippen LogP contribution in [-0.2, 0) is 17.8 Å². The van der Waals surface area contributed by atoms with Gasteiger partial charge in [-0.2, -0.15) is 5.10 Å². The molecule has 1 aromatic carbocycles. The summed E-state index contributed by atoms with van der Waals surface area (Å²) < 4.78 is 8.15. The van der Waals surface area contributed by atoms with Gasteiger partial charge in [-0.3, -0.25) is 9.48 Å². The summed E-state index contributed by atoms with van der Waals surface area (Å²) in [6, 6.07) is 1.90. The maximum Gasteiger partial charge on any atom is 0.266 e. The summed E-state index contributed by atoms with van der Waals surface area (Å²) in [5.74, 6) is 1.09. The van der Waals surface area contributed by atoms with Crippen LogP contribution >= 0.6 is 0 Å². The molecule has 1 atom stereocenters. The van der Waals surface area contributed by atoms with E-state index in [1.807, 2.05) is 51.7 Å². The average molecular weight is 371 g/mol. The molecule has 3 rings (SSSR count). The minimum Gasteiger partial charge on any atom is -0.507 e. The van der Waals surface area contributed by atoms with Gasteiger partial charge in [-0.15, -0.1) is 0 Å². The van der Waals surface area contributed by atoms with E-state index in [-0.39, 0.29) is 5.91 Å². The van der Waals surface area contributed by atoms with Crippen molar-refractivity contribution in [3.8, 4) is 11.5 Å². The molecule has 1 aliphatic rings. The number of aromatic nitrogens is 2. The van der Waals surface area contributed by atoms with Crippen LogP contribution in [-0.4, -0.2) is 44.9 Å². The van der Waals surface area contributed by atoms with E-state index < -0.39 is 5.60 Å². The number of aryl methyl sites for hydroxylation is 1. The van der Waals surface area contributed by atoms with Crippen molar-refractivity contribution in [1.82, 2.24) is 14.7 Å². The minimum atomic E-state index is -0.881. The maximum absolute atomic E-state index is 13.1. The number of benzene rings is 1. The van der Waals surface area contributed by atoms with Crippen LogP contribution in [0.15, 0.2) is 18.5 Å². The van der Waals surface area contributed by atoms with Gasteiger partial charge in [0.25, 0.3) is 5.91 Å². The largest absolute Gasteiger partial charge is 0.507 e. The van der Waals surface area contributed by atoms with Crippen molar-refractivity contribution in [2.24, 2.45) is 0 Å². The number of nitrogens with zero attached hydrogens (tertiary/aromatic N) is 3. The predicted molar refractivity (Wildman–Crippen MR) is 104 cm³/mol. The molecule has 2 aromatic rings. The Morgan fingerprint density at radius 1 is 1.33 bits per heavy atom. The van der Waals surface area contributed by atoms with Gasteiger partial charge in [-0.05, 0) is 63.3 Å². The molecule has 1 N–H and O–H groups in total. The number of rotatable bonds is 5. The highest BCUT2D eigenvalue weighted by Crippen LogP contribution is 2.43. The molecule has 1 amide bonds. The molecule has 0 bridgehead atoms. The van der Waals surface area contributed by atoms with E-state index in [0.29, 0.717) is 18.7 Å². The van der Waals surface area contributed by atoms with E-state index in [1.54, 1.807) is 11.1 Å². The molecular weight excluding hydrogens is 342 g/mol. The summed E-state index contributed by atoms with van der Waals surface area (Å²) in [6.07, 6.45) is 5.84. The van der Waals surface area contributed by atoms with Gasteiger partial charge in [0.2, 0.25) is 0 Å². The number of carbonyl (C=O) groups excluding carboxylic acids is 1. The van der Waals surface area contributed by atoms with Crippen molar-refractivity contribution < 1.29 is 14.6 Å². The number of likely N-dealkylation sites (N-methyl/N-ethyl adjacent to an activating group) is 1.